The smallest absolute Gasteiger partial charge is 0.0926 e. The molecule has 2 aromatic carbocycles. The van der Waals surface area contributed by atoms with Gasteiger partial charge in [0.2, 0.25) is 0 Å². The fourth-order valence-corrected chi connectivity index (χ4v) is 2.52. The number of hydrogen-bond acceptors (Lipinski definition) is 2. The van der Waals surface area contributed by atoms with Crippen LogP contribution in [0.3, 0.4) is 0 Å². The van der Waals surface area contributed by atoms with E-state index in [9.17, 15) is 0 Å². The molecule has 1 nitrogen and oxygen atoms in total. The number of isothiocyanates is 1. The van der Waals surface area contributed by atoms with Gasteiger partial charge in [-0.1, -0.05) is 55.3 Å². The highest BCUT2D eigenvalue weighted by atomic mass is 35.5. The maximum Gasteiger partial charge on any atom is 0.0926 e. The number of thiocarbonyl (C=S) groups is 1. The van der Waals surface area contributed by atoms with E-state index in [2.05, 4.69) is 65.4 Å². The van der Waals surface area contributed by atoms with Gasteiger partial charge in [-0.3, -0.25) is 0 Å². The molecule has 3 heteroatoms. The molecule has 116 valence electrons. The number of hydrogen-bond donors (Lipinski definition) is 0. The molecule has 0 fully saturated rings. The van der Waals surface area contributed by atoms with Crippen LogP contribution in [0, 0.1) is 11.8 Å². The zero-order chi connectivity index (χ0) is 16.5. The van der Waals surface area contributed by atoms with Crippen molar-refractivity contribution in [2.75, 3.05) is 0 Å². The first-order valence-electron chi connectivity index (χ1n) is 7.71. The van der Waals surface area contributed by atoms with Gasteiger partial charge < -0.3 is 0 Å². The predicted molar refractivity (Wildman–Crippen MR) is 102 cm³/mol. The van der Waals surface area contributed by atoms with E-state index in [-0.39, 0.29) is 0 Å². The van der Waals surface area contributed by atoms with Crippen LogP contribution >= 0.6 is 23.8 Å². The molecule has 0 aliphatic carbocycles. The van der Waals surface area contributed by atoms with Gasteiger partial charge in [-0.2, -0.15) is 4.99 Å². The fourth-order valence-electron chi connectivity index (χ4n) is 2.20. The molecule has 2 aromatic rings. The molecule has 0 aromatic heterocycles. The van der Waals surface area contributed by atoms with Crippen molar-refractivity contribution in [2.24, 2.45) is 4.99 Å². The number of rotatable bonds is 5. The normalized spacial score (nSPS) is 9.65. The quantitative estimate of drug-likeness (QED) is 0.273. The van der Waals surface area contributed by atoms with Gasteiger partial charge in [-0.15, -0.1) is 0 Å². The lowest BCUT2D eigenvalue weighted by Gasteiger charge is -2.00. The minimum atomic E-state index is 0.528. The van der Waals surface area contributed by atoms with E-state index in [0.717, 1.165) is 17.5 Å². The average molecular weight is 340 g/mol. The molecule has 0 amide bonds. The lowest BCUT2D eigenvalue weighted by atomic mass is 10.1. The topological polar surface area (TPSA) is 12.4 Å². The van der Waals surface area contributed by atoms with Crippen molar-refractivity contribution < 1.29 is 0 Å². The Balaban J connectivity index is 2.06. The summed E-state index contributed by atoms with van der Waals surface area (Å²) in [6.45, 7) is 2.22. The number of aryl methyl sites for hydroxylation is 1. The van der Waals surface area contributed by atoms with E-state index in [1.54, 1.807) is 12.1 Å². The molecule has 0 atom stereocenters. The molecule has 23 heavy (non-hydrogen) atoms. The van der Waals surface area contributed by atoms with Crippen LogP contribution in [0.2, 0.25) is 5.02 Å². The SMILES string of the molecule is CCCCCc1ccc(C#Cc2ccc(N=C=S)c(Cl)c2)cc1. The first-order valence-corrected chi connectivity index (χ1v) is 8.50. The van der Waals surface area contributed by atoms with Gasteiger partial charge in [-0.25, -0.2) is 0 Å². The second kappa shape index (κ2) is 9.28. The van der Waals surface area contributed by atoms with Crippen molar-refractivity contribution >= 4 is 34.7 Å². The largest absolute Gasteiger partial charge is 0.193 e. The summed E-state index contributed by atoms with van der Waals surface area (Å²) >= 11 is 10.7. The van der Waals surface area contributed by atoms with E-state index < -0.39 is 0 Å². The average Bonchev–Trinajstić information content (AvgIpc) is 2.57. The highest BCUT2D eigenvalue weighted by Crippen LogP contribution is 2.25. The third kappa shape index (κ3) is 5.66. The van der Waals surface area contributed by atoms with Crippen molar-refractivity contribution in [3.63, 3.8) is 0 Å². The number of aliphatic imine (C=N–C) groups is 1. The summed E-state index contributed by atoms with van der Waals surface area (Å²) in [4.78, 5) is 3.89. The van der Waals surface area contributed by atoms with Gasteiger partial charge in [0, 0.05) is 11.1 Å². The maximum atomic E-state index is 6.12. The summed E-state index contributed by atoms with van der Waals surface area (Å²) in [7, 11) is 0. The van der Waals surface area contributed by atoms with Crippen LogP contribution in [-0.2, 0) is 6.42 Å². The Morgan fingerprint density at radius 2 is 1.70 bits per heavy atom. The van der Waals surface area contributed by atoms with E-state index in [1.165, 1.54) is 24.8 Å². The standard InChI is InChI=1S/C20H18ClNS/c1-2-3-4-5-16-6-8-17(9-7-16)10-11-18-12-13-20(22-15-23)19(21)14-18/h6-9,12-14H,2-5H2,1H3. The van der Waals surface area contributed by atoms with Crippen LogP contribution in [-0.4, -0.2) is 5.16 Å². The minimum Gasteiger partial charge on any atom is -0.193 e. The monoisotopic (exact) mass is 339 g/mol. The number of halogens is 1. The molecule has 0 N–H and O–H groups in total. The lowest BCUT2D eigenvalue weighted by molar-refractivity contribution is 0.717. The summed E-state index contributed by atoms with van der Waals surface area (Å²) in [5, 5.41) is 2.84. The molecule has 0 aliphatic rings. The molecule has 0 bridgehead atoms. The molecule has 0 heterocycles. The van der Waals surface area contributed by atoms with Crippen LogP contribution in [0.15, 0.2) is 47.5 Å². The molecular weight excluding hydrogens is 322 g/mol. The van der Waals surface area contributed by atoms with Gasteiger partial charge in [0.1, 0.15) is 0 Å². The van der Waals surface area contributed by atoms with Crippen molar-refractivity contribution in [1.82, 2.24) is 0 Å². The third-order valence-electron chi connectivity index (χ3n) is 3.49. The molecule has 0 saturated carbocycles. The van der Waals surface area contributed by atoms with Crippen molar-refractivity contribution in [2.45, 2.75) is 32.6 Å². The summed E-state index contributed by atoms with van der Waals surface area (Å²) in [6.07, 6.45) is 4.92. The molecular formula is C20H18ClNS. The number of benzene rings is 2. The van der Waals surface area contributed by atoms with Gasteiger partial charge >= 0.3 is 0 Å². The van der Waals surface area contributed by atoms with Crippen molar-refractivity contribution in [1.29, 1.82) is 0 Å². The number of unbranched alkanes of at least 4 members (excludes halogenated alkanes) is 2. The first-order chi connectivity index (χ1) is 11.2. The zero-order valence-electron chi connectivity index (χ0n) is 13.1. The van der Waals surface area contributed by atoms with Crippen LogP contribution in [0.1, 0.15) is 42.9 Å². The van der Waals surface area contributed by atoms with Crippen LogP contribution in [0.4, 0.5) is 5.69 Å². The van der Waals surface area contributed by atoms with Gasteiger partial charge in [0.25, 0.3) is 0 Å². The Kier molecular flexibility index (Phi) is 7.04. The Labute approximate surface area is 148 Å². The maximum absolute atomic E-state index is 6.12. The van der Waals surface area contributed by atoms with E-state index >= 15 is 0 Å². The number of nitrogens with zero attached hydrogens (tertiary/aromatic N) is 1. The Bertz CT molecular complexity index is 762. The van der Waals surface area contributed by atoms with Crippen molar-refractivity contribution in [3.05, 3.63) is 64.2 Å². The van der Waals surface area contributed by atoms with Gasteiger partial charge in [-0.05, 0) is 61.0 Å². The Morgan fingerprint density at radius 3 is 2.35 bits per heavy atom. The van der Waals surface area contributed by atoms with Crippen LogP contribution < -0.4 is 0 Å². The van der Waals surface area contributed by atoms with E-state index in [4.69, 9.17) is 11.6 Å². The zero-order valence-corrected chi connectivity index (χ0v) is 14.7. The van der Waals surface area contributed by atoms with Crippen molar-refractivity contribution in [3.8, 4) is 11.8 Å². The van der Waals surface area contributed by atoms with Crippen LogP contribution in [0.5, 0.6) is 0 Å². The molecule has 2 rings (SSSR count). The molecule has 0 unspecified atom stereocenters. The van der Waals surface area contributed by atoms with E-state index in [0.29, 0.717) is 10.7 Å². The molecule has 0 aliphatic heterocycles. The second-order valence-electron chi connectivity index (χ2n) is 5.27. The first kappa shape index (κ1) is 17.4. The Morgan fingerprint density at radius 1 is 1.00 bits per heavy atom. The third-order valence-corrected chi connectivity index (χ3v) is 3.88. The second-order valence-corrected chi connectivity index (χ2v) is 5.86. The van der Waals surface area contributed by atoms with E-state index in [1.807, 2.05) is 6.07 Å². The summed E-state index contributed by atoms with van der Waals surface area (Å²) < 4.78 is 0. The minimum absolute atomic E-state index is 0.528. The highest BCUT2D eigenvalue weighted by Gasteiger charge is 1.98. The molecule has 0 spiro atoms. The predicted octanol–water partition coefficient (Wildman–Crippen LogP) is 6.21. The highest BCUT2D eigenvalue weighted by molar-refractivity contribution is 7.78. The summed E-state index contributed by atoms with van der Waals surface area (Å²) in [5.74, 6) is 6.28. The molecule has 0 saturated heterocycles. The van der Waals surface area contributed by atoms with Gasteiger partial charge in [0.15, 0.2) is 0 Å². The lowest BCUT2D eigenvalue weighted by Crippen LogP contribution is -1.85. The van der Waals surface area contributed by atoms with Gasteiger partial charge in [0.05, 0.1) is 15.9 Å². The summed E-state index contributed by atoms with van der Waals surface area (Å²) in [6, 6.07) is 13.9. The Hall–Kier alpha value is -1.91. The van der Waals surface area contributed by atoms with Crippen LogP contribution in [0.25, 0.3) is 0 Å². The molecule has 0 radical (unpaired) electrons. The fraction of sp³-hybridized carbons (Fsp3) is 0.250. The summed E-state index contributed by atoms with van der Waals surface area (Å²) in [5.41, 5.74) is 3.84.